The van der Waals surface area contributed by atoms with Crippen molar-refractivity contribution in [2.75, 3.05) is 0 Å². The average molecular weight is 398 g/mol. The van der Waals surface area contributed by atoms with Crippen LogP contribution in [0.2, 0.25) is 0 Å². The van der Waals surface area contributed by atoms with Crippen LogP contribution < -0.4 is 0 Å². The van der Waals surface area contributed by atoms with Crippen molar-refractivity contribution in [3.8, 4) is 23.7 Å². The fraction of sp³-hybridized carbons (Fsp3) is 0.143. The van der Waals surface area contributed by atoms with E-state index in [0.29, 0.717) is 30.0 Å². The molecule has 3 nitrogen and oxygen atoms in total. The summed E-state index contributed by atoms with van der Waals surface area (Å²) in [5.74, 6) is 4.87. The Bertz CT molecular complexity index is 1090. The first kappa shape index (κ1) is 19.5. The summed E-state index contributed by atoms with van der Waals surface area (Å²) in [6.45, 7) is 0. The SMILES string of the molecule is N#Cc1ccc(C#Cc2ccc(O)cc2C(F)(F)F)c(CCc2nccs2)c1. The summed E-state index contributed by atoms with van der Waals surface area (Å²) in [4.78, 5) is 4.21. The zero-order chi connectivity index (χ0) is 20.1. The summed E-state index contributed by atoms with van der Waals surface area (Å²) in [5, 5.41) is 21.3. The summed E-state index contributed by atoms with van der Waals surface area (Å²) < 4.78 is 39.6. The molecule has 0 bridgehead atoms. The Hall–Kier alpha value is -3.29. The molecule has 0 aliphatic heterocycles. The molecule has 0 saturated heterocycles. The fourth-order valence-electron chi connectivity index (χ4n) is 2.62. The lowest BCUT2D eigenvalue weighted by atomic mass is 9.99. The minimum absolute atomic E-state index is 0.222. The number of aromatic hydroxyl groups is 1. The molecule has 1 aromatic heterocycles. The second kappa shape index (κ2) is 8.16. The third kappa shape index (κ3) is 4.70. The highest BCUT2D eigenvalue weighted by molar-refractivity contribution is 7.09. The van der Waals surface area contributed by atoms with Crippen molar-refractivity contribution >= 4 is 11.3 Å². The first-order valence-electron chi connectivity index (χ1n) is 8.20. The molecule has 3 rings (SSSR count). The van der Waals surface area contributed by atoms with Crippen molar-refractivity contribution in [2.24, 2.45) is 0 Å². The van der Waals surface area contributed by atoms with Gasteiger partial charge in [-0.15, -0.1) is 11.3 Å². The Balaban J connectivity index is 1.97. The second-order valence-corrected chi connectivity index (χ2v) is 6.87. The Morgan fingerprint density at radius 3 is 2.46 bits per heavy atom. The quantitative estimate of drug-likeness (QED) is 0.637. The number of rotatable bonds is 3. The maximum absolute atomic E-state index is 13.2. The molecular weight excluding hydrogens is 385 g/mol. The molecule has 0 spiro atoms. The standard InChI is InChI=1S/C21H13F3N2OS/c22-21(23,24)19-12-18(27)7-5-16(19)4-3-15-2-1-14(13-25)11-17(15)6-8-20-26-9-10-28-20/h1-2,5,7,9-12,27H,6,8H2. The number of nitrogens with zero attached hydrogens (tertiary/aromatic N) is 2. The van der Waals surface area contributed by atoms with E-state index in [2.05, 4.69) is 22.9 Å². The Labute approximate surface area is 163 Å². The zero-order valence-electron chi connectivity index (χ0n) is 14.4. The van der Waals surface area contributed by atoms with Gasteiger partial charge in [-0.1, -0.05) is 11.8 Å². The number of phenols is 1. The first-order valence-corrected chi connectivity index (χ1v) is 9.08. The number of aryl methyl sites for hydroxylation is 2. The number of phenolic OH excluding ortho intramolecular Hbond substituents is 1. The highest BCUT2D eigenvalue weighted by atomic mass is 32.1. The van der Waals surface area contributed by atoms with Gasteiger partial charge >= 0.3 is 6.18 Å². The molecule has 0 saturated carbocycles. The topological polar surface area (TPSA) is 56.9 Å². The number of aromatic nitrogens is 1. The first-order chi connectivity index (χ1) is 13.4. The van der Waals surface area contributed by atoms with Crippen LogP contribution in [0.4, 0.5) is 13.2 Å². The summed E-state index contributed by atoms with van der Waals surface area (Å²) in [6, 6.07) is 9.94. The van der Waals surface area contributed by atoms with Crippen LogP contribution in [0, 0.1) is 23.2 Å². The van der Waals surface area contributed by atoms with Crippen molar-refractivity contribution < 1.29 is 18.3 Å². The van der Waals surface area contributed by atoms with Gasteiger partial charge in [-0.25, -0.2) is 4.98 Å². The van der Waals surface area contributed by atoms with E-state index < -0.39 is 17.5 Å². The number of hydrogen-bond donors (Lipinski definition) is 1. The molecule has 0 unspecified atom stereocenters. The van der Waals surface area contributed by atoms with Crippen molar-refractivity contribution in [3.05, 3.63) is 80.8 Å². The predicted octanol–water partition coefficient (Wildman–Crippen LogP) is 4.92. The molecular formula is C21H13F3N2OS. The van der Waals surface area contributed by atoms with Gasteiger partial charge in [0.05, 0.1) is 22.2 Å². The third-order valence-corrected chi connectivity index (χ3v) is 4.81. The van der Waals surface area contributed by atoms with Crippen molar-refractivity contribution in [3.63, 3.8) is 0 Å². The summed E-state index contributed by atoms with van der Waals surface area (Å²) in [6.07, 6.45) is -1.71. The molecule has 0 aliphatic rings. The lowest BCUT2D eigenvalue weighted by Crippen LogP contribution is -2.07. The van der Waals surface area contributed by atoms with E-state index in [9.17, 15) is 18.3 Å². The number of halogens is 3. The number of benzene rings is 2. The molecule has 0 atom stereocenters. The van der Waals surface area contributed by atoms with Crippen molar-refractivity contribution in [1.82, 2.24) is 4.98 Å². The largest absolute Gasteiger partial charge is 0.508 e. The van der Waals surface area contributed by atoms with Crippen molar-refractivity contribution in [2.45, 2.75) is 19.0 Å². The van der Waals surface area contributed by atoms with Crippen LogP contribution in [0.5, 0.6) is 5.75 Å². The maximum Gasteiger partial charge on any atom is 0.417 e. The molecule has 3 aromatic rings. The second-order valence-electron chi connectivity index (χ2n) is 5.89. The van der Waals surface area contributed by atoms with Crippen LogP contribution in [0.3, 0.4) is 0 Å². The van der Waals surface area contributed by atoms with E-state index in [0.717, 1.165) is 16.6 Å². The van der Waals surface area contributed by atoms with Crippen LogP contribution in [0.15, 0.2) is 48.0 Å². The van der Waals surface area contributed by atoms with E-state index >= 15 is 0 Å². The van der Waals surface area contributed by atoms with Gasteiger partial charge in [0.1, 0.15) is 5.75 Å². The Kier molecular flexibility index (Phi) is 5.67. The van der Waals surface area contributed by atoms with Crippen LogP contribution in [0.25, 0.3) is 0 Å². The molecule has 7 heteroatoms. The number of hydrogen-bond acceptors (Lipinski definition) is 4. The highest BCUT2D eigenvalue weighted by Gasteiger charge is 2.33. The molecule has 2 aromatic carbocycles. The normalized spacial score (nSPS) is 10.8. The van der Waals surface area contributed by atoms with E-state index in [1.54, 1.807) is 24.4 Å². The predicted molar refractivity (Wildman–Crippen MR) is 99.8 cm³/mol. The van der Waals surface area contributed by atoms with Gasteiger partial charge < -0.3 is 5.11 Å². The van der Waals surface area contributed by atoms with Crippen LogP contribution in [-0.2, 0) is 19.0 Å². The summed E-state index contributed by atoms with van der Waals surface area (Å²) >= 11 is 1.51. The van der Waals surface area contributed by atoms with Gasteiger partial charge in [-0.3, -0.25) is 0 Å². The number of nitriles is 1. The molecule has 0 fully saturated rings. The zero-order valence-corrected chi connectivity index (χ0v) is 15.2. The lowest BCUT2D eigenvalue weighted by molar-refractivity contribution is -0.137. The minimum Gasteiger partial charge on any atom is -0.508 e. The molecule has 140 valence electrons. The van der Waals surface area contributed by atoms with Gasteiger partial charge in [-0.2, -0.15) is 18.4 Å². The van der Waals surface area contributed by atoms with E-state index in [4.69, 9.17) is 5.26 Å². The molecule has 0 aliphatic carbocycles. The molecule has 28 heavy (non-hydrogen) atoms. The van der Waals surface area contributed by atoms with E-state index in [-0.39, 0.29) is 5.56 Å². The highest BCUT2D eigenvalue weighted by Crippen LogP contribution is 2.33. The van der Waals surface area contributed by atoms with Crippen LogP contribution in [0.1, 0.15) is 32.8 Å². The smallest absolute Gasteiger partial charge is 0.417 e. The van der Waals surface area contributed by atoms with Gasteiger partial charge in [0.25, 0.3) is 0 Å². The summed E-state index contributed by atoms with van der Waals surface area (Å²) in [7, 11) is 0. The monoisotopic (exact) mass is 398 g/mol. The average Bonchev–Trinajstić information content (AvgIpc) is 3.18. The Morgan fingerprint density at radius 1 is 1.04 bits per heavy atom. The minimum atomic E-state index is -4.62. The van der Waals surface area contributed by atoms with E-state index in [1.165, 1.54) is 17.4 Å². The molecule has 0 amide bonds. The molecule has 1 heterocycles. The molecule has 1 N–H and O–H groups in total. The van der Waals surface area contributed by atoms with Gasteiger partial charge in [0.2, 0.25) is 0 Å². The number of alkyl halides is 3. The van der Waals surface area contributed by atoms with Gasteiger partial charge in [0, 0.05) is 29.1 Å². The van der Waals surface area contributed by atoms with Crippen LogP contribution >= 0.6 is 11.3 Å². The van der Waals surface area contributed by atoms with Gasteiger partial charge in [0.15, 0.2) is 0 Å². The van der Waals surface area contributed by atoms with Gasteiger partial charge in [-0.05, 0) is 48.4 Å². The third-order valence-electron chi connectivity index (χ3n) is 3.97. The van der Waals surface area contributed by atoms with E-state index in [1.807, 2.05) is 5.38 Å². The lowest BCUT2D eigenvalue weighted by Gasteiger charge is -2.09. The van der Waals surface area contributed by atoms with Crippen LogP contribution in [-0.4, -0.2) is 10.1 Å². The molecule has 0 radical (unpaired) electrons. The maximum atomic E-state index is 13.2. The fourth-order valence-corrected chi connectivity index (χ4v) is 3.24. The number of thiazole rings is 1. The summed E-state index contributed by atoms with van der Waals surface area (Å²) in [5.41, 5.74) is 0.574. The Morgan fingerprint density at radius 2 is 1.79 bits per heavy atom. The van der Waals surface area contributed by atoms with Crippen molar-refractivity contribution in [1.29, 1.82) is 5.26 Å².